The van der Waals surface area contributed by atoms with Crippen LogP contribution in [0.5, 0.6) is 0 Å². The van der Waals surface area contributed by atoms with Crippen LogP contribution in [0, 0.1) is 15.5 Å². The van der Waals surface area contributed by atoms with Crippen molar-refractivity contribution in [3.05, 3.63) is 81.9 Å². The Kier molecular flexibility index (Phi) is 7.47. The van der Waals surface area contributed by atoms with Crippen molar-refractivity contribution in [2.45, 2.75) is 39.9 Å². The van der Waals surface area contributed by atoms with E-state index in [1.54, 1.807) is 54.6 Å². The summed E-state index contributed by atoms with van der Waals surface area (Å²) >= 11 is 0. The Morgan fingerprint density at radius 1 is 1.00 bits per heavy atom. The zero-order valence-electron chi connectivity index (χ0n) is 17.4. The summed E-state index contributed by atoms with van der Waals surface area (Å²) in [4.78, 5) is 34.7. The molecule has 0 saturated carbocycles. The number of carbonyl (C=O) groups excluding carboxylic acids is 2. The molecule has 0 aliphatic rings. The lowest BCUT2D eigenvalue weighted by Crippen LogP contribution is -2.33. The highest BCUT2D eigenvalue weighted by Gasteiger charge is 2.32. The van der Waals surface area contributed by atoms with E-state index < -0.39 is 34.5 Å². The molecule has 0 aliphatic carbocycles. The van der Waals surface area contributed by atoms with Gasteiger partial charge in [0.1, 0.15) is 6.10 Å². The lowest BCUT2D eigenvalue weighted by molar-refractivity contribution is -0.384. The normalized spacial score (nSPS) is 13.5. The maximum atomic E-state index is 12.9. The van der Waals surface area contributed by atoms with Crippen molar-refractivity contribution in [1.29, 1.82) is 0 Å². The van der Waals surface area contributed by atoms with E-state index in [0.717, 1.165) is 5.56 Å². The van der Waals surface area contributed by atoms with Gasteiger partial charge in [-0.1, -0.05) is 57.2 Å². The summed E-state index contributed by atoms with van der Waals surface area (Å²) in [6.45, 7) is 6.97. The molecule has 0 amide bonds. The first-order valence-corrected chi connectivity index (χ1v) is 9.43. The summed E-state index contributed by atoms with van der Waals surface area (Å²) in [5.74, 6) is -1.26. The van der Waals surface area contributed by atoms with Crippen molar-refractivity contribution >= 4 is 23.7 Å². The molecule has 0 radical (unpaired) electrons. The summed E-state index contributed by atoms with van der Waals surface area (Å²) in [5, 5.41) is 10.8. The largest absolute Gasteiger partial charge is 0.455 e. The van der Waals surface area contributed by atoms with Crippen LogP contribution in [-0.4, -0.2) is 23.0 Å². The van der Waals surface area contributed by atoms with Gasteiger partial charge in [0.25, 0.3) is 5.69 Å². The van der Waals surface area contributed by atoms with E-state index in [2.05, 4.69) is 0 Å². The monoisotopic (exact) mass is 411 g/mol. The Hall–Kier alpha value is -3.48. The minimum Gasteiger partial charge on any atom is -0.455 e. The Balaban J connectivity index is 2.22. The number of hydrogen-bond acceptors (Lipinski definition) is 6. The number of carbonyl (C=O) groups is 2. The summed E-state index contributed by atoms with van der Waals surface area (Å²) in [6.07, 6.45) is 1.66. The van der Waals surface area contributed by atoms with Gasteiger partial charge in [-0.25, -0.2) is 4.79 Å². The first-order valence-electron chi connectivity index (χ1n) is 9.43. The molecular weight excluding hydrogens is 386 g/mol. The molecule has 1 unspecified atom stereocenters. The number of nitro benzene ring substituents is 1. The second-order valence-corrected chi connectivity index (χ2v) is 7.83. The van der Waals surface area contributed by atoms with Crippen LogP contribution in [-0.2, 0) is 19.1 Å². The molecule has 0 aliphatic heterocycles. The van der Waals surface area contributed by atoms with E-state index in [4.69, 9.17) is 9.47 Å². The van der Waals surface area contributed by atoms with Gasteiger partial charge in [0.05, 0.1) is 4.92 Å². The highest BCUT2D eigenvalue weighted by atomic mass is 16.6. The highest BCUT2D eigenvalue weighted by Crippen LogP contribution is 2.28. The van der Waals surface area contributed by atoms with Crippen LogP contribution in [0.2, 0.25) is 0 Å². The zero-order valence-corrected chi connectivity index (χ0v) is 17.4. The fraction of sp³-hybridized carbons (Fsp3) is 0.304. The Morgan fingerprint density at radius 3 is 2.10 bits per heavy atom. The molecule has 30 heavy (non-hydrogen) atoms. The van der Waals surface area contributed by atoms with Gasteiger partial charge in [0.2, 0.25) is 6.10 Å². The van der Waals surface area contributed by atoms with Crippen LogP contribution in [0.3, 0.4) is 0 Å². The molecule has 0 aromatic heterocycles. The van der Waals surface area contributed by atoms with Crippen molar-refractivity contribution in [3.8, 4) is 0 Å². The minimum absolute atomic E-state index is 0.00182. The smallest absolute Gasteiger partial charge is 0.352 e. The molecule has 158 valence electrons. The van der Waals surface area contributed by atoms with E-state index in [9.17, 15) is 19.7 Å². The van der Waals surface area contributed by atoms with Crippen LogP contribution in [0.15, 0.2) is 60.7 Å². The lowest BCUT2D eigenvalue weighted by Gasteiger charge is -2.29. The van der Waals surface area contributed by atoms with Crippen molar-refractivity contribution in [1.82, 2.24) is 0 Å². The Labute approximate surface area is 175 Å². The van der Waals surface area contributed by atoms with Gasteiger partial charge < -0.3 is 9.47 Å². The van der Waals surface area contributed by atoms with E-state index >= 15 is 0 Å². The van der Waals surface area contributed by atoms with Crippen molar-refractivity contribution < 1.29 is 24.0 Å². The second-order valence-electron chi connectivity index (χ2n) is 7.83. The predicted molar refractivity (Wildman–Crippen MR) is 112 cm³/mol. The number of hydrogen-bond donors (Lipinski definition) is 0. The maximum Gasteiger partial charge on any atom is 0.352 e. The molecule has 7 nitrogen and oxygen atoms in total. The summed E-state index contributed by atoms with van der Waals surface area (Å²) < 4.78 is 10.9. The highest BCUT2D eigenvalue weighted by molar-refractivity contribution is 5.80. The van der Waals surface area contributed by atoms with Gasteiger partial charge in [-0.3, -0.25) is 14.9 Å². The molecule has 0 saturated heterocycles. The molecule has 2 aromatic rings. The molecular formula is C23H25NO6. The number of ether oxygens (including phenoxy) is 2. The molecule has 0 fully saturated rings. The third-order valence-corrected chi connectivity index (χ3v) is 4.26. The Morgan fingerprint density at radius 2 is 1.60 bits per heavy atom. The molecule has 2 aromatic carbocycles. The number of nitrogens with zero attached hydrogens (tertiary/aromatic N) is 1. The van der Waals surface area contributed by atoms with Crippen molar-refractivity contribution in [3.63, 3.8) is 0 Å². The van der Waals surface area contributed by atoms with Crippen molar-refractivity contribution in [2.75, 3.05) is 0 Å². The number of rotatable bonds is 7. The third-order valence-electron chi connectivity index (χ3n) is 4.26. The van der Waals surface area contributed by atoms with Gasteiger partial charge in [0, 0.05) is 30.0 Å². The van der Waals surface area contributed by atoms with E-state index in [-0.39, 0.29) is 5.69 Å². The van der Waals surface area contributed by atoms with Crippen LogP contribution in [0.4, 0.5) is 5.69 Å². The number of esters is 2. The number of nitro groups is 1. The van der Waals surface area contributed by atoms with Gasteiger partial charge in [-0.15, -0.1) is 0 Å². The first kappa shape index (κ1) is 22.8. The maximum absolute atomic E-state index is 12.9. The lowest BCUT2D eigenvalue weighted by atomic mass is 9.88. The fourth-order valence-electron chi connectivity index (χ4n) is 2.64. The Bertz CT molecular complexity index is 913. The van der Waals surface area contributed by atoms with Crippen LogP contribution in [0.1, 0.15) is 44.9 Å². The number of non-ortho nitro benzene ring substituents is 1. The minimum atomic E-state index is -1.17. The van der Waals surface area contributed by atoms with Gasteiger partial charge >= 0.3 is 11.9 Å². The quantitative estimate of drug-likeness (QED) is 0.366. The van der Waals surface area contributed by atoms with E-state index in [0.29, 0.717) is 5.56 Å². The average molecular weight is 411 g/mol. The van der Waals surface area contributed by atoms with Crippen LogP contribution >= 0.6 is 0 Å². The average Bonchev–Trinajstić information content (AvgIpc) is 2.69. The molecule has 2 atom stereocenters. The van der Waals surface area contributed by atoms with Crippen LogP contribution < -0.4 is 0 Å². The molecule has 7 heteroatoms. The molecule has 0 bridgehead atoms. The summed E-state index contributed by atoms with van der Waals surface area (Å²) in [6, 6.07) is 14.7. The molecule has 0 spiro atoms. The van der Waals surface area contributed by atoms with Crippen LogP contribution in [0.25, 0.3) is 6.08 Å². The predicted octanol–water partition coefficient (Wildman–Crippen LogP) is 4.87. The van der Waals surface area contributed by atoms with Crippen molar-refractivity contribution in [2.24, 2.45) is 5.41 Å². The fourth-order valence-corrected chi connectivity index (χ4v) is 2.64. The second kappa shape index (κ2) is 9.82. The summed E-state index contributed by atoms with van der Waals surface area (Å²) in [7, 11) is 0. The standard InChI is InChI=1S/C23H25NO6/c1-16(25)29-21(18-8-6-5-7-9-18)22(26)30-20(23(2,3)4)15-12-17-10-13-19(14-11-17)24(27)28/h5-15,20-21H,1-4H3/b15-12+/t20?,21-/m1/s1. The topological polar surface area (TPSA) is 95.7 Å². The zero-order chi connectivity index (χ0) is 22.3. The van der Waals surface area contributed by atoms with E-state index in [1.807, 2.05) is 20.8 Å². The SMILES string of the molecule is CC(=O)O[C@@H](C(=O)OC(/C=C/c1ccc([N+](=O)[O-])cc1)C(C)(C)C)c1ccccc1. The molecule has 2 rings (SSSR count). The third kappa shape index (κ3) is 6.55. The van der Waals surface area contributed by atoms with Gasteiger partial charge in [-0.2, -0.15) is 0 Å². The van der Waals surface area contributed by atoms with Gasteiger partial charge in [0.15, 0.2) is 0 Å². The molecule has 0 heterocycles. The first-order chi connectivity index (χ1) is 14.1. The van der Waals surface area contributed by atoms with Gasteiger partial charge in [-0.05, 0) is 23.8 Å². The van der Waals surface area contributed by atoms with E-state index in [1.165, 1.54) is 19.1 Å². The summed E-state index contributed by atoms with van der Waals surface area (Å²) in [5.41, 5.74) is 0.804. The number of benzene rings is 2. The molecule has 0 N–H and O–H groups in total.